The van der Waals surface area contributed by atoms with Crippen molar-refractivity contribution in [2.75, 3.05) is 18.1 Å². The Morgan fingerprint density at radius 2 is 2.00 bits per heavy atom. The van der Waals surface area contributed by atoms with Crippen LogP contribution in [0.15, 0.2) is 29.2 Å². The zero-order valence-corrected chi connectivity index (χ0v) is 14.7. The first kappa shape index (κ1) is 17.0. The molecule has 5 nitrogen and oxygen atoms in total. The maximum atomic E-state index is 12.7. The van der Waals surface area contributed by atoms with Gasteiger partial charge in [0.25, 0.3) is 0 Å². The molecule has 1 N–H and O–H groups in total. The number of hydrogen-bond donors (Lipinski definition) is 1. The molecule has 1 aromatic rings. The van der Waals surface area contributed by atoms with Crippen molar-refractivity contribution in [1.82, 2.24) is 4.90 Å². The van der Waals surface area contributed by atoms with Crippen LogP contribution in [0, 0.1) is 5.41 Å². The van der Waals surface area contributed by atoms with Gasteiger partial charge in [-0.3, -0.25) is 19.3 Å². The lowest BCUT2D eigenvalue weighted by Crippen LogP contribution is -2.41. The molecule has 1 aromatic carbocycles. The van der Waals surface area contributed by atoms with E-state index in [1.165, 1.54) is 0 Å². The summed E-state index contributed by atoms with van der Waals surface area (Å²) in [6.07, 6.45) is 6.86. The molecule has 1 saturated heterocycles. The predicted octanol–water partition coefficient (Wildman–Crippen LogP) is 3.06. The summed E-state index contributed by atoms with van der Waals surface area (Å²) in [6, 6.07) is 7.50. The normalized spacial score (nSPS) is 19.8. The zero-order valence-electron chi connectivity index (χ0n) is 13.8. The van der Waals surface area contributed by atoms with E-state index in [-0.39, 0.29) is 30.7 Å². The number of hydrogen-bond acceptors (Lipinski definition) is 4. The summed E-state index contributed by atoms with van der Waals surface area (Å²) in [5.74, 6) is -0.696. The Kier molecular flexibility index (Phi) is 4.94. The molecule has 2 aliphatic rings. The Balaban J connectivity index is 1.65. The van der Waals surface area contributed by atoms with E-state index in [4.69, 9.17) is 0 Å². The Bertz CT molecular complexity index is 668. The number of nitrogens with zero attached hydrogens (tertiary/aromatic N) is 1. The maximum Gasteiger partial charge on any atom is 0.244 e. The van der Waals surface area contributed by atoms with Crippen LogP contribution in [0.4, 0.5) is 5.69 Å². The third kappa shape index (κ3) is 3.34. The van der Waals surface area contributed by atoms with E-state index >= 15 is 0 Å². The summed E-state index contributed by atoms with van der Waals surface area (Å²) in [6.45, 7) is -0.192. The monoisotopic (exact) mass is 346 g/mol. The van der Waals surface area contributed by atoms with Gasteiger partial charge < -0.3 is 5.32 Å². The van der Waals surface area contributed by atoms with Gasteiger partial charge in [-0.05, 0) is 37.3 Å². The van der Waals surface area contributed by atoms with E-state index in [1.807, 2.05) is 24.5 Å². The van der Waals surface area contributed by atoms with Crippen LogP contribution >= 0.6 is 11.8 Å². The first-order valence-electron chi connectivity index (χ1n) is 8.33. The lowest BCUT2D eigenvalue weighted by molar-refractivity contribution is -0.144. The third-order valence-corrected chi connectivity index (χ3v) is 5.68. The molecular formula is C18H22N2O3S. The van der Waals surface area contributed by atoms with Gasteiger partial charge in [0.15, 0.2) is 0 Å². The van der Waals surface area contributed by atoms with Crippen molar-refractivity contribution in [3.63, 3.8) is 0 Å². The molecule has 24 heavy (non-hydrogen) atoms. The van der Waals surface area contributed by atoms with Gasteiger partial charge in [0, 0.05) is 17.0 Å². The topological polar surface area (TPSA) is 66.5 Å². The van der Waals surface area contributed by atoms with Crippen LogP contribution in [-0.4, -0.2) is 35.4 Å². The number of benzene rings is 1. The van der Waals surface area contributed by atoms with Gasteiger partial charge in [-0.2, -0.15) is 0 Å². The van der Waals surface area contributed by atoms with E-state index in [0.29, 0.717) is 5.69 Å². The Labute approximate surface area is 146 Å². The molecule has 0 aromatic heterocycles. The average Bonchev–Trinajstić information content (AvgIpc) is 2.80. The zero-order chi connectivity index (χ0) is 17.2. The lowest BCUT2D eigenvalue weighted by atomic mass is 9.73. The summed E-state index contributed by atoms with van der Waals surface area (Å²) in [5, 5.41) is 2.78. The number of imide groups is 1. The van der Waals surface area contributed by atoms with Crippen LogP contribution < -0.4 is 5.32 Å². The predicted molar refractivity (Wildman–Crippen MR) is 93.7 cm³/mol. The second-order valence-electron chi connectivity index (χ2n) is 6.58. The van der Waals surface area contributed by atoms with Crippen molar-refractivity contribution in [3.05, 3.63) is 24.3 Å². The Morgan fingerprint density at radius 1 is 1.25 bits per heavy atom. The molecule has 2 fully saturated rings. The van der Waals surface area contributed by atoms with E-state index in [0.717, 1.165) is 41.9 Å². The molecule has 1 aliphatic heterocycles. The summed E-state index contributed by atoms with van der Waals surface area (Å²) >= 11 is 1.59. The summed E-state index contributed by atoms with van der Waals surface area (Å²) < 4.78 is 0. The number of carbonyl (C=O) groups excluding carboxylic acids is 3. The molecule has 3 amide bonds. The SMILES string of the molecule is CSc1cccc(NC(=O)CN2C(=O)CC3(CCCCC3)C2=O)c1. The van der Waals surface area contributed by atoms with Crippen molar-refractivity contribution >= 4 is 35.2 Å². The van der Waals surface area contributed by atoms with Gasteiger partial charge >= 0.3 is 0 Å². The first-order valence-corrected chi connectivity index (χ1v) is 9.55. The largest absolute Gasteiger partial charge is 0.324 e. The van der Waals surface area contributed by atoms with E-state index in [9.17, 15) is 14.4 Å². The van der Waals surface area contributed by atoms with Crippen LogP contribution in [-0.2, 0) is 14.4 Å². The molecule has 1 heterocycles. The minimum atomic E-state index is -0.533. The standard InChI is InChI=1S/C18H22N2O3S/c1-24-14-7-5-6-13(10-14)19-15(21)12-20-16(22)11-18(17(20)23)8-3-2-4-9-18/h5-7,10H,2-4,8-9,11-12H2,1H3,(H,19,21). The highest BCUT2D eigenvalue weighted by molar-refractivity contribution is 7.98. The highest BCUT2D eigenvalue weighted by atomic mass is 32.2. The van der Waals surface area contributed by atoms with Crippen molar-refractivity contribution in [2.24, 2.45) is 5.41 Å². The highest BCUT2D eigenvalue weighted by Gasteiger charge is 2.51. The number of thioether (sulfide) groups is 1. The van der Waals surface area contributed by atoms with Crippen molar-refractivity contribution in [3.8, 4) is 0 Å². The van der Waals surface area contributed by atoms with Gasteiger partial charge in [-0.15, -0.1) is 11.8 Å². The number of nitrogens with one attached hydrogen (secondary N) is 1. The van der Waals surface area contributed by atoms with E-state index in [2.05, 4.69) is 5.32 Å². The molecular weight excluding hydrogens is 324 g/mol. The maximum absolute atomic E-state index is 12.7. The molecule has 0 atom stereocenters. The van der Waals surface area contributed by atoms with Gasteiger partial charge in [0.1, 0.15) is 6.54 Å². The van der Waals surface area contributed by atoms with Crippen LogP contribution in [0.5, 0.6) is 0 Å². The molecule has 0 unspecified atom stereocenters. The van der Waals surface area contributed by atoms with Crippen LogP contribution in [0.3, 0.4) is 0 Å². The molecule has 1 spiro atoms. The summed E-state index contributed by atoms with van der Waals surface area (Å²) in [5.41, 5.74) is 0.146. The third-order valence-electron chi connectivity index (χ3n) is 4.96. The Hall–Kier alpha value is -1.82. The number of rotatable bonds is 4. The fourth-order valence-corrected chi connectivity index (χ4v) is 4.14. The van der Waals surface area contributed by atoms with Gasteiger partial charge in [-0.25, -0.2) is 0 Å². The number of carbonyl (C=O) groups is 3. The average molecular weight is 346 g/mol. The fraction of sp³-hybridized carbons (Fsp3) is 0.500. The van der Waals surface area contributed by atoms with Gasteiger partial charge in [0.05, 0.1) is 5.41 Å². The second kappa shape index (κ2) is 6.97. The molecule has 128 valence electrons. The molecule has 3 rings (SSSR count). The highest BCUT2D eigenvalue weighted by Crippen LogP contribution is 2.45. The van der Waals surface area contributed by atoms with Crippen molar-refractivity contribution in [2.45, 2.75) is 43.4 Å². The number of likely N-dealkylation sites (tertiary alicyclic amines) is 1. The molecule has 1 saturated carbocycles. The minimum absolute atomic E-state index is 0.153. The Morgan fingerprint density at radius 3 is 2.71 bits per heavy atom. The molecule has 1 aliphatic carbocycles. The quantitative estimate of drug-likeness (QED) is 0.672. The van der Waals surface area contributed by atoms with Gasteiger partial charge in [-0.1, -0.05) is 25.3 Å². The van der Waals surface area contributed by atoms with Crippen molar-refractivity contribution < 1.29 is 14.4 Å². The van der Waals surface area contributed by atoms with Crippen LogP contribution in [0.1, 0.15) is 38.5 Å². The molecule has 0 radical (unpaired) electrons. The lowest BCUT2D eigenvalue weighted by Gasteiger charge is -2.30. The first-order chi connectivity index (χ1) is 11.5. The van der Waals surface area contributed by atoms with Crippen LogP contribution in [0.2, 0.25) is 0 Å². The second-order valence-corrected chi connectivity index (χ2v) is 7.46. The molecule has 0 bridgehead atoms. The minimum Gasteiger partial charge on any atom is -0.324 e. The van der Waals surface area contributed by atoms with E-state index in [1.54, 1.807) is 17.8 Å². The van der Waals surface area contributed by atoms with Crippen molar-refractivity contribution in [1.29, 1.82) is 0 Å². The van der Waals surface area contributed by atoms with E-state index < -0.39 is 5.41 Å². The molecule has 6 heteroatoms. The number of anilines is 1. The summed E-state index contributed by atoms with van der Waals surface area (Å²) in [7, 11) is 0. The van der Waals surface area contributed by atoms with Crippen LogP contribution in [0.25, 0.3) is 0 Å². The smallest absolute Gasteiger partial charge is 0.244 e. The fourth-order valence-electron chi connectivity index (χ4n) is 3.68. The van der Waals surface area contributed by atoms with Gasteiger partial charge in [0.2, 0.25) is 17.7 Å². The number of amides is 3. The summed E-state index contributed by atoms with van der Waals surface area (Å²) in [4.78, 5) is 39.4.